The van der Waals surface area contributed by atoms with Crippen molar-refractivity contribution in [1.82, 2.24) is 26.2 Å². The summed E-state index contributed by atoms with van der Waals surface area (Å²) in [6, 6.07) is 13.5. The van der Waals surface area contributed by atoms with Gasteiger partial charge < -0.3 is 49.1 Å². The van der Waals surface area contributed by atoms with Gasteiger partial charge in [0.15, 0.2) is 0 Å². The Kier molecular flexibility index (Phi) is 18.0. The Hall–Kier alpha value is -4.86. The number of nitrogens with two attached hydrogens (primary N) is 4. The molecular weight excluding hydrogens is 690 g/mol. The van der Waals surface area contributed by atoms with Crippen molar-refractivity contribution in [3.8, 4) is 0 Å². The summed E-state index contributed by atoms with van der Waals surface area (Å²) in [5.41, 5.74) is 24.5. The maximum Gasteiger partial charge on any atom is 0.245 e. The highest BCUT2D eigenvalue weighted by atomic mass is 16.2. The molecule has 2 aromatic rings. The average Bonchev–Trinajstić information content (AvgIpc) is 3.14. The van der Waals surface area contributed by atoms with Crippen LogP contribution in [0, 0.1) is 5.92 Å². The maximum absolute atomic E-state index is 13.9. The van der Waals surface area contributed by atoms with Gasteiger partial charge in [0, 0.05) is 25.6 Å². The van der Waals surface area contributed by atoms with Gasteiger partial charge in [-0.3, -0.25) is 28.8 Å². The number of benzene rings is 2. The molecule has 1 heterocycles. The predicted molar refractivity (Wildman–Crippen MR) is 206 cm³/mol. The van der Waals surface area contributed by atoms with E-state index in [0.29, 0.717) is 51.7 Å². The number of amides is 6. The number of primary amides is 1. The van der Waals surface area contributed by atoms with Crippen LogP contribution in [0.2, 0.25) is 0 Å². The van der Waals surface area contributed by atoms with Gasteiger partial charge in [-0.25, -0.2) is 0 Å². The first kappa shape index (κ1) is 43.5. The number of unbranched alkanes of at least 4 members (excludes halogenated alkanes) is 1. The zero-order chi connectivity index (χ0) is 39.6. The molecule has 2 aromatic carbocycles. The molecule has 1 aliphatic heterocycles. The first-order chi connectivity index (χ1) is 25.8. The number of nitrogens with one attached hydrogen (secondary N) is 4. The van der Waals surface area contributed by atoms with Crippen LogP contribution in [0.3, 0.4) is 0 Å². The second kappa shape index (κ2) is 22.4. The van der Waals surface area contributed by atoms with E-state index in [1.54, 1.807) is 4.90 Å². The molecule has 3 rings (SSSR count). The summed E-state index contributed by atoms with van der Waals surface area (Å²) < 4.78 is 0. The predicted octanol–water partition coefficient (Wildman–Crippen LogP) is -0.261. The van der Waals surface area contributed by atoms with Crippen molar-refractivity contribution in [3.05, 3.63) is 71.8 Å². The number of hydrogen-bond acceptors (Lipinski definition) is 9. The molecule has 1 aliphatic rings. The van der Waals surface area contributed by atoms with Crippen LogP contribution in [0.5, 0.6) is 0 Å². The normalized spacial score (nSPS) is 16.0. The summed E-state index contributed by atoms with van der Waals surface area (Å²) >= 11 is 0. The van der Waals surface area contributed by atoms with Gasteiger partial charge in [0.25, 0.3) is 0 Å². The van der Waals surface area contributed by atoms with Gasteiger partial charge >= 0.3 is 0 Å². The van der Waals surface area contributed by atoms with E-state index in [1.165, 1.54) is 0 Å². The molecule has 6 amide bonds. The summed E-state index contributed by atoms with van der Waals surface area (Å²) in [5, 5.41) is 11.4. The van der Waals surface area contributed by atoms with Crippen LogP contribution in [-0.4, -0.2) is 96.2 Å². The van der Waals surface area contributed by atoms with Crippen LogP contribution in [-0.2, 0) is 41.6 Å². The summed E-state index contributed by atoms with van der Waals surface area (Å²) in [4.78, 5) is 80.3. The third kappa shape index (κ3) is 14.9. The Morgan fingerprint density at radius 1 is 0.722 bits per heavy atom. The molecule has 0 saturated carbocycles. The van der Waals surface area contributed by atoms with Gasteiger partial charge in [-0.1, -0.05) is 74.5 Å². The third-order valence-electron chi connectivity index (χ3n) is 9.39. The second-order valence-electron chi connectivity index (χ2n) is 14.5. The Morgan fingerprint density at radius 2 is 1.26 bits per heavy atom. The lowest BCUT2D eigenvalue weighted by atomic mass is 9.99. The highest BCUT2D eigenvalue weighted by Gasteiger charge is 2.34. The van der Waals surface area contributed by atoms with E-state index in [0.717, 1.165) is 11.1 Å². The van der Waals surface area contributed by atoms with E-state index >= 15 is 0 Å². The fourth-order valence-corrected chi connectivity index (χ4v) is 6.35. The molecule has 0 unspecified atom stereocenters. The number of nitrogens with zero attached hydrogens (tertiary/aromatic N) is 1. The van der Waals surface area contributed by atoms with E-state index in [-0.39, 0.29) is 43.6 Å². The summed E-state index contributed by atoms with van der Waals surface area (Å²) in [7, 11) is 0. The molecule has 54 heavy (non-hydrogen) atoms. The van der Waals surface area contributed by atoms with Crippen LogP contribution in [0.1, 0.15) is 69.9 Å². The molecule has 0 bridgehead atoms. The smallest absolute Gasteiger partial charge is 0.245 e. The minimum Gasteiger partial charge on any atom is -0.368 e. The lowest BCUT2D eigenvalue weighted by Gasteiger charge is -2.35. The summed E-state index contributed by atoms with van der Waals surface area (Å²) in [6.45, 7) is 4.96. The number of likely N-dealkylation sites (tertiary alicyclic amines) is 1. The quantitative estimate of drug-likeness (QED) is 0.0781. The van der Waals surface area contributed by atoms with Crippen molar-refractivity contribution in [2.45, 2.75) is 108 Å². The van der Waals surface area contributed by atoms with Crippen molar-refractivity contribution in [2.75, 3.05) is 19.6 Å². The van der Waals surface area contributed by atoms with Crippen molar-refractivity contribution < 1.29 is 28.8 Å². The van der Waals surface area contributed by atoms with E-state index < -0.39 is 59.7 Å². The molecule has 1 saturated heterocycles. The van der Waals surface area contributed by atoms with Gasteiger partial charge in [-0.15, -0.1) is 0 Å². The lowest BCUT2D eigenvalue weighted by Crippen LogP contribution is -2.59. The van der Waals surface area contributed by atoms with Crippen LogP contribution in [0.15, 0.2) is 60.7 Å². The van der Waals surface area contributed by atoms with Crippen molar-refractivity contribution >= 4 is 35.4 Å². The molecule has 15 heteroatoms. The zero-order valence-corrected chi connectivity index (χ0v) is 31.5. The van der Waals surface area contributed by atoms with Crippen LogP contribution in [0.4, 0.5) is 0 Å². The molecule has 15 nitrogen and oxygen atoms in total. The molecular formula is C39H59N9O6. The fourth-order valence-electron chi connectivity index (χ4n) is 6.35. The molecule has 12 N–H and O–H groups in total. The maximum atomic E-state index is 13.9. The highest BCUT2D eigenvalue weighted by Crippen LogP contribution is 2.16. The number of carbonyl (C=O) groups is 6. The topological polar surface area (TPSA) is 258 Å². The van der Waals surface area contributed by atoms with Gasteiger partial charge in [-0.05, 0) is 68.5 Å². The van der Waals surface area contributed by atoms with Crippen LogP contribution < -0.4 is 44.2 Å². The minimum absolute atomic E-state index is 0.000613. The monoisotopic (exact) mass is 749 g/mol. The van der Waals surface area contributed by atoms with E-state index in [4.69, 9.17) is 22.9 Å². The molecule has 0 aliphatic carbocycles. The molecule has 5 atom stereocenters. The fraction of sp³-hybridized carbons (Fsp3) is 0.538. The van der Waals surface area contributed by atoms with E-state index in [1.807, 2.05) is 74.5 Å². The Labute approximate surface area is 318 Å². The number of piperidine rings is 1. The van der Waals surface area contributed by atoms with Gasteiger partial charge in [0.1, 0.15) is 18.1 Å². The number of hydrogen-bond donors (Lipinski definition) is 8. The van der Waals surface area contributed by atoms with Crippen molar-refractivity contribution in [1.29, 1.82) is 0 Å². The SMILES string of the molecule is CC(C)C[C@@H](NC(=O)[C@@H](Cc1ccccc1)NC(=O)[C@H](N)Cc1ccccc1)C(=O)N[C@H](CCCCN)C(=O)N1CCC(NC(=O)C[C@H](N)C(N)=O)CC1. The molecule has 0 spiro atoms. The molecule has 0 radical (unpaired) electrons. The first-order valence-corrected chi connectivity index (χ1v) is 18.8. The molecule has 0 aromatic heterocycles. The Morgan fingerprint density at radius 3 is 1.81 bits per heavy atom. The molecule has 296 valence electrons. The Bertz CT molecular complexity index is 1520. The van der Waals surface area contributed by atoms with Gasteiger partial charge in [0.05, 0.1) is 18.5 Å². The Balaban J connectivity index is 1.71. The van der Waals surface area contributed by atoms with Crippen molar-refractivity contribution in [3.63, 3.8) is 0 Å². The lowest BCUT2D eigenvalue weighted by molar-refractivity contribution is -0.139. The van der Waals surface area contributed by atoms with Crippen molar-refractivity contribution in [2.24, 2.45) is 28.9 Å². The second-order valence-corrected chi connectivity index (χ2v) is 14.5. The standard InChI is InChI=1S/C39H59N9O6/c1-25(2)21-32(47-38(53)33(23-27-13-7-4-8-14-27)46-36(51)30(42)22-26-11-5-3-6-12-26)37(52)45-31(15-9-10-18-40)39(54)48-19-16-28(17-20-48)44-34(49)24-29(41)35(43)50/h3-8,11-14,25,28-33H,9-10,15-24,40-42H2,1-2H3,(H2,43,50)(H,44,49)(H,45,52)(H,46,51)(H,47,53)/t29-,30+,31+,32+,33+/m0/s1. The van der Waals surface area contributed by atoms with E-state index in [9.17, 15) is 28.8 Å². The van der Waals surface area contributed by atoms with Gasteiger partial charge in [0.2, 0.25) is 35.4 Å². The van der Waals surface area contributed by atoms with Crippen LogP contribution in [0.25, 0.3) is 0 Å². The number of carbonyl (C=O) groups excluding carboxylic acids is 6. The first-order valence-electron chi connectivity index (χ1n) is 18.8. The van der Waals surface area contributed by atoms with Gasteiger partial charge in [-0.2, -0.15) is 0 Å². The minimum atomic E-state index is -1.08. The third-order valence-corrected chi connectivity index (χ3v) is 9.39. The average molecular weight is 750 g/mol. The highest BCUT2D eigenvalue weighted by molar-refractivity contribution is 5.95. The zero-order valence-electron chi connectivity index (χ0n) is 31.5. The molecule has 1 fully saturated rings. The van der Waals surface area contributed by atoms with Crippen LogP contribution >= 0.6 is 0 Å². The number of rotatable bonds is 21. The summed E-state index contributed by atoms with van der Waals surface area (Å²) in [6.07, 6.45) is 3.05. The van der Waals surface area contributed by atoms with E-state index in [2.05, 4.69) is 21.3 Å². The largest absolute Gasteiger partial charge is 0.368 e. The summed E-state index contributed by atoms with van der Waals surface area (Å²) in [5.74, 6) is -2.98.